The van der Waals surface area contributed by atoms with Gasteiger partial charge in [-0.1, -0.05) is 37.3 Å². The number of hydrogen-bond donors (Lipinski definition) is 1. The van der Waals surface area contributed by atoms with E-state index in [2.05, 4.69) is 22.2 Å². The highest BCUT2D eigenvalue weighted by atomic mass is 16.1. The minimum atomic E-state index is -0.0880. The van der Waals surface area contributed by atoms with E-state index in [4.69, 9.17) is 0 Å². The SMILES string of the molecule is CC[C@H](C(=O)N[C@@H]1CCc2nc(N(C)C)ncc2C1)c1ccccc1. The van der Waals surface area contributed by atoms with Gasteiger partial charge in [-0.2, -0.15) is 0 Å². The number of carbonyl (C=O) groups excluding carboxylic acids is 1. The van der Waals surface area contributed by atoms with Crippen LogP contribution in [0.25, 0.3) is 0 Å². The average Bonchev–Trinajstić information content (AvgIpc) is 2.62. The molecule has 1 aliphatic carbocycles. The fourth-order valence-corrected chi connectivity index (χ4v) is 3.40. The molecule has 5 nitrogen and oxygen atoms in total. The summed E-state index contributed by atoms with van der Waals surface area (Å²) >= 11 is 0. The zero-order chi connectivity index (χ0) is 17.8. The van der Waals surface area contributed by atoms with Gasteiger partial charge >= 0.3 is 0 Å². The summed E-state index contributed by atoms with van der Waals surface area (Å²) in [5.74, 6) is 0.777. The summed E-state index contributed by atoms with van der Waals surface area (Å²) in [4.78, 5) is 23.7. The average molecular weight is 338 g/mol. The van der Waals surface area contributed by atoms with Gasteiger partial charge in [0.1, 0.15) is 0 Å². The molecule has 2 aromatic rings. The van der Waals surface area contributed by atoms with Crippen molar-refractivity contribution in [3.05, 3.63) is 53.3 Å². The van der Waals surface area contributed by atoms with Crippen LogP contribution >= 0.6 is 0 Å². The van der Waals surface area contributed by atoms with Crippen LogP contribution in [0.4, 0.5) is 5.95 Å². The van der Waals surface area contributed by atoms with Gasteiger partial charge in [-0.25, -0.2) is 9.97 Å². The molecule has 3 rings (SSSR count). The van der Waals surface area contributed by atoms with Gasteiger partial charge in [0, 0.05) is 32.0 Å². The van der Waals surface area contributed by atoms with E-state index in [9.17, 15) is 4.79 Å². The minimum Gasteiger partial charge on any atom is -0.352 e. The highest BCUT2D eigenvalue weighted by Crippen LogP contribution is 2.23. The number of hydrogen-bond acceptors (Lipinski definition) is 4. The van der Waals surface area contributed by atoms with Crippen LogP contribution in [0.15, 0.2) is 36.5 Å². The number of nitrogens with zero attached hydrogens (tertiary/aromatic N) is 3. The van der Waals surface area contributed by atoms with Crippen molar-refractivity contribution < 1.29 is 4.79 Å². The molecule has 0 aliphatic heterocycles. The molecule has 0 bridgehead atoms. The van der Waals surface area contributed by atoms with Crippen molar-refractivity contribution in [2.45, 2.75) is 44.6 Å². The van der Waals surface area contributed by atoms with Crippen molar-refractivity contribution in [3.63, 3.8) is 0 Å². The van der Waals surface area contributed by atoms with Crippen LogP contribution in [-0.2, 0) is 17.6 Å². The quantitative estimate of drug-likeness (QED) is 0.911. The second-order valence-electron chi connectivity index (χ2n) is 6.86. The van der Waals surface area contributed by atoms with E-state index in [0.717, 1.165) is 48.5 Å². The van der Waals surface area contributed by atoms with Gasteiger partial charge in [-0.05, 0) is 36.8 Å². The first-order chi connectivity index (χ1) is 12.1. The Hall–Kier alpha value is -2.43. The molecule has 25 heavy (non-hydrogen) atoms. The summed E-state index contributed by atoms with van der Waals surface area (Å²) in [6.07, 6.45) is 5.32. The predicted octanol–water partition coefficient (Wildman–Crippen LogP) is 2.71. The molecule has 0 fully saturated rings. The Balaban J connectivity index is 1.67. The highest BCUT2D eigenvalue weighted by molar-refractivity contribution is 5.83. The van der Waals surface area contributed by atoms with E-state index in [1.165, 1.54) is 0 Å². The number of anilines is 1. The fraction of sp³-hybridized carbons (Fsp3) is 0.450. The van der Waals surface area contributed by atoms with Crippen molar-refractivity contribution in [1.29, 1.82) is 0 Å². The molecule has 1 aliphatic rings. The number of aryl methyl sites for hydroxylation is 1. The third-order valence-corrected chi connectivity index (χ3v) is 4.81. The smallest absolute Gasteiger partial charge is 0.227 e. The summed E-state index contributed by atoms with van der Waals surface area (Å²) in [6, 6.07) is 10.2. The maximum absolute atomic E-state index is 12.7. The van der Waals surface area contributed by atoms with Crippen LogP contribution in [0.1, 0.15) is 42.5 Å². The molecule has 1 heterocycles. The van der Waals surface area contributed by atoms with E-state index >= 15 is 0 Å². The molecule has 1 amide bonds. The molecular weight excluding hydrogens is 312 g/mol. The third-order valence-electron chi connectivity index (χ3n) is 4.81. The van der Waals surface area contributed by atoms with E-state index in [-0.39, 0.29) is 17.9 Å². The van der Waals surface area contributed by atoms with Crippen LogP contribution < -0.4 is 10.2 Å². The Labute approximate surface area is 149 Å². The Morgan fingerprint density at radius 2 is 2.08 bits per heavy atom. The molecule has 2 atom stereocenters. The number of benzene rings is 1. The molecule has 5 heteroatoms. The molecule has 0 spiro atoms. The topological polar surface area (TPSA) is 58.1 Å². The molecule has 0 radical (unpaired) electrons. The Kier molecular flexibility index (Phi) is 5.31. The lowest BCUT2D eigenvalue weighted by Gasteiger charge is -2.27. The lowest BCUT2D eigenvalue weighted by molar-refractivity contribution is -0.123. The molecule has 1 aromatic carbocycles. The number of fused-ring (bicyclic) bond motifs is 1. The molecule has 1 N–H and O–H groups in total. The molecule has 132 valence electrons. The van der Waals surface area contributed by atoms with Gasteiger partial charge < -0.3 is 10.2 Å². The molecule has 0 saturated heterocycles. The molecular formula is C20H26N4O. The summed E-state index contributed by atoms with van der Waals surface area (Å²) < 4.78 is 0. The summed E-state index contributed by atoms with van der Waals surface area (Å²) in [7, 11) is 3.89. The van der Waals surface area contributed by atoms with Crippen molar-refractivity contribution in [2.75, 3.05) is 19.0 Å². The second kappa shape index (κ2) is 7.64. The predicted molar refractivity (Wildman–Crippen MR) is 99.8 cm³/mol. The van der Waals surface area contributed by atoms with Crippen molar-refractivity contribution in [1.82, 2.24) is 15.3 Å². The van der Waals surface area contributed by atoms with Crippen LogP contribution in [0.3, 0.4) is 0 Å². The molecule has 1 aromatic heterocycles. The first kappa shape index (κ1) is 17.4. The van der Waals surface area contributed by atoms with Gasteiger partial charge in [-0.3, -0.25) is 4.79 Å². The number of rotatable bonds is 5. The summed E-state index contributed by atoms with van der Waals surface area (Å²) in [6.45, 7) is 2.06. The summed E-state index contributed by atoms with van der Waals surface area (Å²) in [5.41, 5.74) is 3.34. The van der Waals surface area contributed by atoms with Crippen LogP contribution in [0.5, 0.6) is 0 Å². The Morgan fingerprint density at radius 3 is 2.76 bits per heavy atom. The van der Waals surface area contributed by atoms with E-state index < -0.39 is 0 Å². The van der Waals surface area contributed by atoms with Crippen molar-refractivity contribution >= 4 is 11.9 Å². The monoisotopic (exact) mass is 338 g/mol. The summed E-state index contributed by atoms with van der Waals surface area (Å²) in [5, 5.41) is 3.24. The zero-order valence-electron chi connectivity index (χ0n) is 15.2. The van der Waals surface area contributed by atoms with Gasteiger partial charge in [-0.15, -0.1) is 0 Å². The van der Waals surface area contributed by atoms with Crippen molar-refractivity contribution in [2.24, 2.45) is 0 Å². The number of nitrogens with one attached hydrogen (secondary N) is 1. The Morgan fingerprint density at radius 1 is 1.32 bits per heavy atom. The van der Waals surface area contributed by atoms with E-state index in [1.807, 2.05) is 55.5 Å². The lowest BCUT2D eigenvalue weighted by atomic mass is 9.91. The standard InChI is InChI=1S/C20H26N4O/c1-4-17(14-8-6-5-7-9-14)19(25)22-16-10-11-18-15(12-16)13-21-20(23-18)24(2)3/h5-9,13,16-17H,4,10-12H2,1-3H3,(H,22,25)/t16-,17+/m1/s1. The first-order valence-corrected chi connectivity index (χ1v) is 8.96. The van der Waals surface area contributed by atoms with Gasteiger partial charge in [0.05, 0.1) is 5.92 Å². The van der Waals surface area contributed by atoms with Crippen molar-refractivity contribution in [3.8, 4) is 0 Å². The fourth-order valence-electron chi connectivity index (χ4n) is 3.40. The first-order valence-electron chi connectivity index (χ1n) is 8.96. The van der Waals surface area contributed by atoms with Crippen LogP contribution in [-0.4, -0.2) is 36.0 Å². The molecule has 0 saturated carbocycles. The largest absolute Gasteiger partial charge is 0.352 e. The minimum absolute atomic E-state index is 0.0880. The van der Waals surface area contributed by atoms with E-state index in [0.29, 0.717) is 0 Å². The van der Waals surface area contributed by atoms with Crippen LogP contribution in [0, 0.1) is 0 Å². The van der Waals surface area contributed by atoms with E-state index in [1.54, 1.807) is 0 Å². The van der Waals surface area contributed by atoms with Gasteiger partial charge in [0.2, 0.25) is 11.9 Å². The van der Waals surface area contributed by atoms with Gasteiger partial charge in [0.15, 0.2) is 0 Å². The number of carbonyl (C=O) groups is 1. The lowest BCUT2D eigenvalue weighted by Crippen LogP contribution is -2.41. The maximum atomic E-state index is 12.7. The number of amides is 1. The normalized spacial score (nSPS) is 17.5. The zero-order valence-corrected chi connectivity index (χ0v) is 15.2. The highest BCUT2D eigenvalue weighted by Gasteiger charge is 2.25. The number of aromatic nitrogens is 2. The Bertz CT molecular complexity index is 730. The van der Waals surface area contributed by atoms with Crippen LogP contribution in [0.2, 0.25) is 0 Å². The maximum Gasteiger partial charge on any atom is 0.227 e. The molecule has 0 unspecified atom stereocenters. The second-order valence-corrected chi connectivity index (χ2v) is 6.86. The van der Waals surface area contributed by atoms with Gasteiger partial charge in [0.25, 0.3) is 0 Å². The third kappa shape index (κ3) is 3.98.